The Hall–Kier alpha value is -1.69. The van der Waals surface area contributed by atoms with Crippen molar-refractivity contribution in [3.05, 3.63) is 28.4 Å². The van der Waals surface area contributed by atoms with E-state index < -0.39 is 4.92 Å². The van der Waals surface area contributed by atoms with Gasteiger partial charge in [0.1, 0.15) is 11.9 Å². The molecule has 1 aliphatic heterocycles. The highest BCUT2D eigenvalue weighted by Gasteiger charge is 2.19. The fourth-order valence-corrected chi connectivity index (χ4v) is 2.20. The first kappa shape index (κ1) is 12.8. The van der Waals surface area contributed by atoms with Crippen LogP contribution in [0.25, 0.3) is 0 Å². The van der Waals surface area contributed by atoms with E-state index in [1.54, 1.807) is 12.1 Å². The molecule has 6 nitrogen and oxygen atoms in total. The van der Waals surface area contributed by atoms with Crippen LogP contribution in [0.1, 0.15) is 12.8 Å². The van der Waals surface area contributed by atoms with Gasteiger partial charge in [0.2, 0.25) is 0 Å². The average Bonchev–Trinajstić information content (AvgIpc) is 2.38. The molecule has 1 aromatic rings. The van der Waals surface area contributed by atoms with Crippen molar-refractivity contribution < 1.29 is 4.92 Å². The SMILES string of the molecule is CN1CCC(CNc2cccnc2[N+](=O)[O-])CC1. The lowest BCUT2D eigenvalue weighted by atomic mass is 9.97. The number of rotatable bonds is 4. The lowest BCUT2D eigenvalue weighted by Gasteiger charge is -2.29. The summed E-state index contributed by atoms with van der Waals surface area (Å²) in [6, 6.07) is 3.42. The lowest BCUT2D eigenvalue weighted by molar-refractivity contribution is -0.388. The fraction of sp³-hybridized carbons (Fsp3) is 0.583. The lowest BCUT2D eigenvalue weighted by Crippen LogP contribution is -2.33. The highest BCUT2D eigenvalue weighted by molar-refractivity contribution is 5.56. The monoisotopic (exact) mass is 250 g/mol. The highest BCUT2D eigenvalue weighted by Crippen LogP contribution is 2.22. The van der Waals surface area contributed by atoms with Gasteiger partial charge in [0, 0.05) is 6.54 Å². The summed E-state index contributed by atoms with van der Waals surface area (Å²) in [5.74, 6) is 0.492. The van der Waals surface area contributed by atoms with Crippen LogP contribution >= 0.6 is 0 Å². The molecule has 0 spiro atoms. The number of hydrogen-bond donors (Lipinski definition) is 1. The molecule has 1 aromatic heterocycles. The maximum absolute atomic E-state index is 10.8. The number of hydrogen-bond acceptors (Lipinski definition) is 5. The molecule has 18 heavy (non-hydrogen) atoms. The zero-order chi connectivity index (χ0) is 13.0. The smallest absolute Gasteiger partial charge is 0.378 e. The predicted molar refractivity (Wildman–Crippen MR) is 69.6 cm³/mol. The number of nitro groups is 1. The molecule has 98 valence electrons. The molecule has 0 atom stereocenters. The Morgan fingerprint density at radius 2 is 2.28 bits per heavy atom. The van der Waals surface area contributed by atoms with Crippen molar-refractivity contribution in [3.8, 4) is 0 Å². The number of aromatic nitrogens is 1. The van der Waals surface area contributed by atoms with Gasteiger partial charge in [-0.15, -0.1) is 0 Å². The van der Waals surface area contributed by atoms with Crippen molar-refractivity contribution in [2.75, 3.05) is 32.0 Å². The van der Waals surface area contributed by atoms with Gasteiger partial charge in [0.05, 0.1) is 0 Å². The second-order valence-corrected chi connectivity index (χ2v) is 4.76. The number of nitrogens with one attached hydrogen (secondary N) is 1. The molecule has 2 heterocycles. The third-order valence-electron chi connectivity index (χ3n) is 3.38. The maximum Gasteiger partial charge on any atom is 0.386 e. The van der Waals surface area contributed by atoms with Gasteiger partial charge in [-0.3, -0.25) is 0 Å². The van der Waals surface area contributed by atoms with Crippen LogP contribution in [0.15, 0.2) is 18.3 Å². The Morgan fingerprint density at radius 3 is 2.94 bits per heavy atom. The van der Waals surface area contributed by atoms with E-state index in [0.717, 1.165) is 32.5 Å². The number of piperidine rings is 1. The first-order chi connectivity index (χ1) is 8.66. The van der Waals surface area contributed by atoms with Crippen LogP contribution in [0.5, 0.6) is 0 Å². The summed E-state index contributed by atoms with van der Waals surface area (Å²) in [5.41, 5.74) is 0.515. The molecule has 6 heteroatoms. The first-order valence-electron chi connectivity index (χ1n) is 6.18. The van der Waals surface area contributed by atoms with E-state index in [0.29, 0.717) is 11.6 Å². The van der Waals surface area contributed by atoms with Crippen LogP contribution in [-0.2, 0) is 0 Å². The maximum atomic E-state index is 10.8. The Morgan fingerprint density at radius 1 is 1.56 bits per heavy atom. The number of anilines is 1. The van der Waals surface area contributed by atoms with Crippen molar-refractivity contribution in [3.63, 3.8) is 0 Å². The number of likely N-dealkylation sites (tertiary alicyclic amines) is 1. The van der Waals surface area contributed by atoms with Gasteiger partial charge in [-0.2, -0.15) is 0 Å². The van der Waals surface area contributed by atoms with Crippen LogP contribution in [0.2, 0.25) is 0 Å². The molecule has 2 rings (SSSR count). The van der Waals surface area contributed by atoms with Gasteiger partial charge in [-0.25, -0.2) is 0 Å². The molecule has 0 saturated carbocycles. The molecule has 1 saturated heterocycles. The molecule has 0 aliphatic carbocycles. The van der Waals surface area contributed by atoms with Crippen molar-refractivity contribution >= 4 is 11.5 Å². The number of pyridine rings is 1. The topological polar surface area (TPSA) is 71.3 Å². The molecule has 1 fully saturated rings. The Labute approximate surface area is 106 Å². The second kappa shape index (κ2) is 5.77. The molecule has 0 unspecified atom stereocenters. The minimum absolute atomic E-state index is 0.0922. The van der Waals surface area contributed by atoms with Crippen LogP contribution < -0.4 is 5.32 Å². The highest BCUT2D eigenvalue weighted by atomic mass is 16.6. The summed E-state index contributed by atoms with van der Waals surface area (Å²) in [6.07, 6.45) is 3.72. The third kappa shape index (κ3) is 3.16. The van der Waals surface area contributed by atoms with Crippen molar-refractivity contribution in [1.82, 2.24) is 9.88 Å². The summed E-state index contributed by atoms with van der Waals surface area (Å²) >= 11 is 0. The largest absolute Gasteiger partial charge is 0.386 e. The molecule has 1 aliphatic rings. The quantitative estimate of drug-likeness (QED) is 0.651. The molecular formula is C12H18N4O2. The molecule has 0 amide bonds. The van der Waals surface area contributed by atoms with Crippen molar-refractivity contribution in [2.24, 2.45) is 5.92 Å². The molecule has 1 N–H and O–H groups in total. The fourth-order valence-electron chi connectivity index (χ4n) is 2.20. The average molecular weight is 250 g/mol. The van der Waals surface area contributed by atoms with Crippen LogP contribution in [0, 0.1) is 16.0 Å². The molecule has 0 radical (unpaired) electrons. The zero-order valence-corrected chi connectivity index (χ0v) is 10.5. The van der Waals surface area contributed by atoms with Gasteiger partial charge in [-0.1, -0.05) is 0 Å². The summed E-state index contributed by atoms with van der Waals surface area (Å²) in [6.45, 7) is 2.98. The summed E-state index contributed by atoms with van der Waals surface area (Å²) in [7, 11) is 2.12. The third-order valence-corrected chi connectivity index (χ3v) is 3.38. The van der Waals surface area contributed by atoms with Gasteiger partial charge >= 0.3 is 5.82 Å². The second-order valence-electron chi connectivity index (χ2n) is 4.76. The van der Waals surface area contributed by atoms with E-state index in [1.807, 2.05) is 0 Å². The van der Waals surface area contributed by atoms with Gasteiger partial charge in [0.15, 0.2) is 0 Å². The zero-order valence-electron chi connectivity index (χ0n) is 10.5. The van der Waals surface area contributed by atoms with E-state index in [-0.39, 0.29) is 5.82 Å². The first-order valence-corrected chi connectivity index (χ1v) is 6.18. The van der Waals surface area contributed by atoms with Gasteiger partial charge in [0.25, 0.3) is 0 Å². The minimum atomic E-state index is -0.447. The normalized spacial score (nSPS) is 17.6. The van der Waals surface area contributed by atoms with Crippen molar-refractivity contribution in [1.29, 1.82) is 0 Å². The Balaban J connectivity index is 1.92. The van der Waals surface area contributed by atoms with E-state index in [9.17, 15) is 10.1 Å². The molecule has 0 bridgehead atoms. The van der Waals surface area contributed by atoms with E-state index in [4.69, 9.17) is 0 Å². The van der Waals surface area contributed by atoms with E-state index >= 15 is 0 Å². The summed E-state index contributed by atoms with van der Waals surface area (Å²) in [5, 5.41) is 14.0. The number of nitrogens with zero attached hydrogens (tertiary/aromatic N) is 3. The summed E-state index contributed by atoms with van der Waals surface area (Å²) in [4.78, 5) is 16.5. The van der Waals surface area contributed by atoms with Crippen molar-refractivity contribution in [2.45, 2.75) is 12.8 Å². The van der Waals surface area contributed by atoms with Gasteiger partial charge < -0.3 is 20.3 Å². The van der Waals surface area contributed by atoms with Crippen LogP contribution in [0.4, 0.5) is 11.5 Å². The van der Waals surface area contributed by atoms with E-state index in [1.165, 1.54) is 6.20 Å². The van der Waals surface area contributed by atoms with Crippen LogP contribution in [-0.4, -0.2) is 41.5 Å². The summed E-state index contributed by atoms with van der Waals surface area (Å²) < 4.78 is 0. The Bertz CT molecular complexity index is 416. The molecule has 0 aromatic carbocycles. The van der Waals surface area contributed by atoms with Crippen LogP contribution in [0.3, 0.4) is 0 Å². The minimum Gasteiger partial charge on any atom is -0.378 e. The standard InChI is InChI=1S/C12H18N4O2/c1-15-7-4-10(5-8-15)9-14-11-3-2-6-13-12(11)16(17)18/h2-3,6,10,14H,4-5,7-9H2,1H3. The van der Waals surface area contributed by atoms with Gasteiger partial charge in [-0.05, 0) is 60.9 Å². The van der Waals surface area contributed by atoms with E-state index in [2.05, 4.69) is 22.2 Å². The predicted octanol–water partition coefficient (Wildman–Crippen LogP) is 1.74. The molecular weight excluding hydrogens is 232 g/mol. The Kier molecular flexibility index (Phi) is 4.09.